The third-order valence-electron chi connectivity index (χ3n) is 4.58. The normalized spacial score (nSPS) is 18.9. The number of nitrogens with zero attached hydrogens (tertiary/aromatic N) is 1. The van der Waals surface area contributed by atoms with Gasteiger partial charge in [-0.15, -0.1) is 0 Å². The van der Waals surface area contributed by atoms with Crippen LogP contribution in [-0.4, -0.2) is 49.7 Å². The fraction of sp³-hybridized carbons (Fsp3) is 0.882. The second-order valence-electron chi connectivity index (χ2n) is 6.36. The second-order valence-corrected chi connectivity index (χ2v) is 6.36. The summed E-state index contributed by atoms with van der Waals surface area (Å²) in [4.78, 5) is 23.6. The molecule has 1 fully saturated rings. The molecule has 1 aliphatic heterocycles. The number of carbonyl (C=O) groups excluding carboxylic acids is 2. The van der Waals surface area contributed by atoms with Gasteiger partial charge in [-0.2, -0.15) is 0 Å². The lowest BCUT2D eigenvalue weighted by Gasteiger charge is -2.30. The highest BCUT2D eigenvalue weighted by atomic mass is 16.5. The van der Waals surface area contributed by atoms with Crippen molar-refractivity contribution in [1.82, 2.24) is 4.90 Å². The van der Waals surface area contributed by atoms with E-state index in [-0.39, 0.29) is 17.5 Å². The molecule has 0 aromatic carbocycles. The van der Waals surface area contributed by atoms with Gasteiger partial charge in [-0.1, -0.05) is 20.8 Å². The molecule has 0 radical (unpaired) electrons. The van der Waals surface area contributed by atoms with E-state index in [4.69, 9.17) is 9.47 Å². The number of hydrogen-bond donors (Lipinski definition) is 0. The lowest BCUT2D eigenvalue weighted by Crippen LogP contribution is -2.34. The zero-order chi connectivity index (χ0) is 17.2. The number of piperidine rings is 1. The Labute approximate surface area is 135 Å². The van der Waals surface area contributed by atoms with Crippen molar-refractivity contribution in [1.29, 1.82) is 0 Å². The third-order valence-corrected chi connectivity index (χ3v) is 4.58. The van der Waals surface area contributed by atoms with Gasteiger partial charge in [0.1, 0.15) is 5.60 Å². The van der Waals surface area contributed by atoms with Gasteiger partial charge in [0, 0.05) is 0 Å². The van der Waals surface area contributed by atoms with Crippen LogP contribution in [-0.2, 0) is 19.1 Å². The largest absolute Gasteiger partial charge is 0.466 e. The first-order valence-corrected chi connectivity index (χ1v) is 8.27. The van der Waals surface area contributed by atoms with Crippen molar-refractivity contribution < 1.29 is 19.1 Å². The quantitative estimate of drug-likeness (QED) is 0.557. The Morgan fingerprint density at radius 2 is 1.86 bits per heavy atom. The summed E-state index contributed by atoms with van der Waals surface area (Å²) in [5.41, 5.74) is -0.276. The van der Waals surface area contributed by atoms with Crippen LogP contribution in [0.2, 0.25) is 0 Å². The number of likely N-dealkylation sites (tertiary alicyclic amines) is 1. The van der Waals surface area contributed by atoms with E-state index in [1.165, 1.54) is 0 Å². The van der Waals surface area contributed by atoms with E-state index >= 15 is 0 Å². The van der Waals surface area contributed by atoms with E-state index in [1.807, 2.05) is 34.6 Å². The maximum atomic E-state index is 11.3. The minimum absolute atomic E-state index is 0.00870. The van der Waals surface area contributed by atoms with Gasteiger partial charge < -0.3 is 14.4 Å². The molecule has 5 nitrogen and oxygen atoms in total. The topological polar surface area (TPSA) is 55.8 Å². The number of ether oxygens (including phenoxy) is 2. The van der Waals surface area contributed by atoms with E-state index in [2.05, 4.69) is 11.9 Å². The highest BCUT2D eigenvalue weighted by Gasteiger charge is 2.27. The summed E-state index contributed by atoms with van der Waals surface area (Å²) in [6.07, 6.45) is 2.77. The summed E-state index contributed by atoms with van der Waals surface area (Å²) in [6.45, 7) is 13.0. The highest BCUT2D eigenvalue weighted by molar-refractivity contribution is 5.72. The van der Waals surface area contributed by atoms with E-state index < -0.39 is 0 Å². The Hall–Kier alpha value is -1.10. The average Bonchev–Trinajstić information content (AvgIpc) is 2.48. The Balaban J connectivity index is 0.000000409. The summed E-state index contributed by atoms with van der Waals surface area (Å²) in [6, 6.07) is 0. The van der Waals surface area contributed by atoms with Crippen LogP contribution in [0.15, 0.2) is 0 Å². The molecule has 22 heavy (non-hydrogen) atoms. The predicted molar refractivity (Wildman–Crippen MR) is 87.5 cm³/mol. The minimum Gasteiger partial charge on any atom is -0.466 e. The lowest BCUT2D eigenvalue weighted by molar-refractivity contribution is -0.149. The van der Waals surface area contributed by atoms with Crippen LogP contribution in [0.25, 0.3) is 0 Å². The Bertz CT molecular complexity index is 325. The molecule has 130 valence electrons. The van der Waals surface area contributed by atoms with Crippen LogP contribution < -0.4 is 0 Å². The molecule has 5 heteroatoms. The Morgan fingerprint density at radius 3 is 2.18 bits per heavy atom. The lowest BCUT2D eigenvalue weighted by atomic mass is 9.90. The number of carbonyl (C=O) groups is 2. The molecule has 1 atom stereocenters. The monoisotopic (exact) mass is 315 g/mol. The standard InChI is InChI=1S/C9H17NO2.C8H16O2/c1-3-12-9(11)8-4-6-10(2)7-5-8;1-5-8(4,7(2)3)10-6-9/h8H,3-7H2,1-2H3;6-7H,5H2,1-4H3. The summed E-state index contributed by atoms with van der Waals surface area (Å²) >= 11 is 0. The molecular weight excluding hydrogens is 282 g/mol. The van der Waals surface area contributed by atoms with Gasteiger partial charge in [-0.3, -0.25) is 9.59 Å². The fourth-order valence-corrected chi connectivity index (χ4v) is 2.24. The molecule has 0 aromatic rings. The van der Waals surface area contributed by atoms with Gasteiger partial charge in [-0.05, 0) is 59.2 Å². The molecule has 1 aliphatic rings. The molecule has 0 bridgehead atoms. The van der Waals surface area contributed by atoms with Gasteiger partial charge in [0.05, 0.1) is 12.5 Å². The average molecular weight is 315 g/mol. The van der Waals surface area contributed by atoms with Crippen molar-refractivity contribution in [3.63, 3.8) is 0 Å². The Kier molecular flexibility index (Phi) is 10.1. The number of hydrogen-bond acceptors (Lipinski definition) is 5. The van der Waals surface area contributed by atoms with Crippen molar-refractivity contribution in [3.8, 4) is 0 Å². The first-order valence-electron chi connectivity index (χ1n) is 8.27. The smallest absolute Gasteiger partial charge is 0.309 e. The van der Waals surface area contributed by atoms with Crippen LogP contribution in [0.4, 0.5) is 0 Å². The van der Waals surface area contributed by atoms with Gasteiger partial charge in [0.25, 0.3) is 6.47 Å². The van der Waals surface area contributed by atoms with Crippen molar-refractivity contribution >= 4 is 12.4 Å². The van der Waals surface area contributed by atoms with Crippen LogP contribution in [0, 0.1) is 11.8 Å². The third kappa shape index (κ3) is 7.25. The summed E-state index contributed by atoms with van der Waals surface area (Å²) in [5.74, 6) is 0.523. The molecule has 0 N–H and O–H groups in total. The Morgan fingerprint density at radius 1 is 1.32 bits per heavy atom. The molecule has 0 aromatic heterocycles. The van der Waals surface area contributed by atoms with Gasteiger partial charge in [0.15, 0.2) is 0 Å². The zero-order valence-electron chi connectivity index (χ0n) is 15.1. The van der Waals surface area contributed by atoms with Crippen LogP contribution in [0.1, 0.15) is 53.9 Å². The first kappa shape index (κ1) is 20.9. The minimum atomic E-state index is -0.276. The van der Waals surface area contributed by atoms with E-state index in [1.54, 1.807) is 0 Å². The molecule has 1 saturated heterocycles. The van der Waals surface area contributed by atoms with Crippen molar-refractivity contribution in [2.24, 2.45) is 11.8 Å². The molecule has 0 spiro atoms. The zero-order valence-corrected chi connectivity index (χ0v) is 15.1. The van der Waals surface area contributed by atoms with Crippen molar-refractivity contribution in [2.45, 2.75) is 59.5 Å². The number of esters is 1. The molecule has 0 saturated carbocycles. The van der Waals surface area contributed by atoms with Gasteiger partial charge >= 0.3 is 5.97 Å². The maximum absolute atomic E-state index is 11.3. The molecular formula is C17H33NO4. The summed E-state index contributed by atoms with van der Waals surface area (Å²) in [5, 5.41) is 0. The molecule has 1 heterocycles. The first-order chi connectivity index (χ1) is 10.3. The second kappa shape index (κ2) is 10.6. The van der Waals surface area contributed by atoms with Crippen LogP contribution in [0.3, 0.4) is 0 Å². The summed E-state index contributed by atoms with van der Waals surface area (Å²) < 4.78 is 9.92. The van der Waals surface area contributed by atoms with E-state index in [0.29, 0.717) is 19.0 Å². The van der Waals surface area contributed by atoms with Crippen molar-refractivity contribution in [3.05, 3.63) is 0 Å². The highest BCUT2D eigenvalue weighted by Crippen LogP contribution is 2.23. The SMILES string of the molecule is CCC(C)(OC=O)C(C)C.CCOC(=O)C1CCN(C)CC1. The predicted octanol–water partition coefficient (Wildman–Crippen LogP) is 2.88. The molecule has 0 amide bonds. The van der Waals surface area contributed by atoms with Crippen LogP contribution >= 0.6 is 0 Å². The molecule has 1 unspecified atom stereocenters. The van der Waals surface area contributed by atoms with E-state index in [9.17, 15) is 9.59 Å². The number of rotatable bonds is 6. The van der Waals surface area contributed by atoms with Gasteiger partial charge in [-0.25, -0.2) is 0 Å². The van der Waals surface area contributed by atoms with Crippen LogP contribution in [0.5, 0.6) is 0 Å². The van der Waals surface area contributed by atoms with Crippen molar-refractivity contribution in [2.75, 3.05) is 26.7 Å². The summed E-state index contributed by atoms with van der Waals surface area (Å²) in [7, 11) is 2.08. The molecule has 1 rings (SSSR count). The molecule has 0 aliphatic carbocycles. The van der Waals surface area contributed by atoms with E-state index in [0.717, 1.165) is 32.4 Å². The van der Waals surface area contributed by atoms with Gasteiger partial charge in [0.2, 0.25) is 0 Å². The maximum Gasteiger partial charge on any atom is 0.309 e. The fourth-order valence-electron chi connectivity index (χ4n) is 2.24.